The van der Waals surface area contributed by atoms with Gasteiger partial charge in [-0.25, -0.2) is 4.79 Å². The van der Waals surface area contributed by atoms with Crippen molar-refractivity contribution in [3.05, 3.63) is 0 Å². The molecule has 0 aromatic heterocycles. The van der Waals surface area contributed by atoms with Gasteiger partial charge in [-0.15, -0.1) is 0 Å². The monoisotopic (exact) mass is 267 g/mol. The molecule has 1 aliphatic rings. The number of imide groups is 1. The minimum absolute atomic E-state index is 0.0175. The van der Waals surface area contributed by atoms with Gasteiger partial charge < -0.3 is 11.1 Å². The number of nitrogens with two attached hydrogens (primary N) is 1. The van der Waals surface area contributed by atoms with E-state index in [-0.39, 0.29) is 6.54 Å². The zero-order valence-electron chi connectivity index (χ0n) is 10.0. The first kappa shape index (κ1) is 14.7. The van der Waals surface area contributed by atoms with Gasteiger partial charge in [-0.2, -0.15) is 13.2 Å². The van der Waals surface area contributed by atoms with Gasteiger partial charge >= 0.3 is 12.2 Å². The summed E-state index contributed by atoms with van der Waals surface area (Å²) in [6.07, 6.45) is -2.98. The quantitative estimate of drug-likeness (QED) is 0.576. The highest BCUT2D eigenvalue weighted by Gasteiger charge is 2.64. The molecule has 5 nitrogen and oxygen atoms in total. The standard InChI is InChI=1S/C10H16F3N3O2/c1-9(10(11,12)13)7(17)16(8(18)15-9)6-4-2-3-5-14/h2-6,14H2,1H3,(H,15,18). The molecule has 0 aromatic carbocycles. The van der Waals surface area contributed by atoms with E-state index in [0.717, 1.165) is 0 Å². The van der Waals surface area contributed by atoms with Gasteiger partial charge in [-0.1, -0.05) is 6.42 Å². The van der Waals surface area contributed by atoms with E-state index >= 15 is 0 Å². The van der Waals surface area contributed by atoms with Crippen LogP contribution >= 0.6 is 0 Å². The van der Waals surface area contributed by atoms with Crippen molar-refractivity contribution < 1.29 is 22.8 Å². The van der Waals surface area contributed by atoms with Crippen LogP contribution in [-0.4, -0.2) is 41.6 Å². The molecule has 3 N–H and O–H groups in total. The summed E-state index contributed by atoms with van der Waals surface area (Å²) < 4.78 is 38.1. The molecule has 3 amide bonds. The summed E-state index contributed by atoms with van der Waals surface area (Å²) in [5.41, 5.74) is 2.46. The summed E-state index contributed by atoms with van der Waals surface area (Å²) in [6, 6.07) is -0.993. The molecule has 0 radical (unpaired) electrons. The van der Waals surface area contributed by atoms with Crippen LogP contribution in [0.4, 0.5) is 18.0 Å². The number of carbonyl (C=O) groups excluding carboxylic acids is 2. The first-order valence-electron chi connectivity index (χ1n) is 5.65. The summed E-state index contributed by atoms with van der Waals surface area (Å²) in [5.74, 6) is -1.24. The summed E-state index contributed by atoms with van der Waals surface area (Å²) in [6.45, 7) is 1.13. The maximum absolute atomic E-state index is 12.7. The molecule has 0 spiro atoms. The van der Waals surface area contributed by atoms with Crippen molar-refractivity contribution in [2.45, 2.75) is 37.9 Å². The zero-order valence-corrected chi connectivity index (χ0v) is 10.0. The lowest BCUT2D eigenvalue weighted by molar-refractivity contribution is -0.191. The van der Waals surface area contributed by atoms with Crippen LogP contribution in [0.5, 0.6) is 0 Å². The molecule has 1 aliphatic heterocycles. The normalized spacial score (nSPS) is 24.6. The Morgan fingerprint density at radius 2 is 1.89 bits per heavy atom. The zero-order chi connectivity index (χ0) is 14.0. The number of nitrogens with one attached hydrogen (secondary N) is 1. The fourth-order valence-electron chi connectivity index (χ4n) is 1.68. The minimum atomic E-state index is -4.80. The average molecular weight is 267 g/mol. The van der Waals surface area contributed by atoms with Crippen LogP contribution in [-0.2, 0) is 4.79 Å². The van der Waals surface area contributed by atoms with Gasteiger partial charge in [0.2, 0.25) is 5.54 Å². The number of unbranched alkanes of at least 4 members (excludes halogenated alkanes) is 2. The van der Waals surface area contributed by atoms with Gasteiger partial charge in [0.15, 0.2) is 0 Å². The number of carbonyl (C=O) groups is 2. The predicted octanol–water partition coefficient (Wildman–Crippen LogP) is 0.988. The average Bonchev–Trinajstić information content (AvgIpc) is 2.47. The Balaban J connectivity index is 2.68. The molecule has 0 aliphatic carbocycles. The molecule has 104 valence electrons. The number of hydrogen-bond donors (Lipinski definition) is 2. The number of nitrogens with zero attached hydrogens (tertiary/aromatic N) is 1. The summed E-state index contributed by atoms with van der Waals surface area (Å²) in [5, 5.41) is 1.70. The van der Waals surface area contributed by atoms with E-state index in [0.29, 0.717) is 37.6 Å². The third-order valence-corrected chi connectivity index (χ3v) is 2.93. The van der Waals surface area contributed by atoms with Crippen molar-refractivity contribution in [3.63, 3.8) is 0 Å². The maximum atomic E-state index is 12.7. The Bertz CT molecular complexity index is 346. The van der Waals surface area contributed by atoms with Crippen LogP contribution < -0.4 is 11.1 Å². The fraction of sp³-hybridized carbons (Fsp3) is 0.800. The number of rotatable bonds is 5. The predicted molar refractivity (Wildman–Crippen MR) is 57.6 cm³/mol. The lowest BCUT2D eigenvalue weighted by Crippen LogP contribution is -2.56. The SMILES string of the molecule is CC1(C(F)(F)F)NC(=O)N(CCCCCN)C1=O. The first-order chi connectivity index (χ1) is 8.24. The van der Waals surface area contributed by atoms with Gasteiger partial charge in [0.1, 0.15) is 0 Å². The van der Waals surface area contributed by atoms with E-state index < -0.39 is 23.7 Å². The summed E-state index contributed by atoms with van der Waals surface area (Å²) >= 11 is 0. The van der Waals surface area contributed by atoms with Crippen LogP contribution in [0.3, 0.4) is 0 Å². The smallest absolute Gasteiger partial charge is 0.330 e. The van der Waals surface area contributed by atoms with E-state index in [1.807, 2.05) is 0 Å². The van der Waals surface area contributed by atoms with Gasteiger partial charge in [0, 0.05) is 6.54 Å². The largest absolute Gasteiger partial charge is 0.420 e. The highest BCUT2D eigenvalue weighted by Crippen LogP contribution is 2.35. The maximum Gasteiger partial charge on any atom is 0.420 e. The van der Waals surface area contributed by atoms with Crippen molar-refractivity contribution in [3.8, 4) is 0 Å². The lowest BCUT2D eigenvalue weighted by atomic mass is 10.0. The first-order valence-corrected chi connectivity index (χ1v) is 5.65. The van der Waals surface area contributed by atoms with Gasteiger partial charge in [-0.3, -0.25) is 9.69 Å². The Labute approximate surface area is 102 Å². The minimum Gasteiger partial charge on any atom is -0.330 e. The van der Waals surface area contributed by atoms with Crippen LogP contribution in [0, 0.1) is 0 Å². The number of urea groups is 1. The van der Waals surface area contributed by atoms with Gasteiger partial charge in [0.25, 0.3) is 5.91 Å². The molecule has 1 atom stereocenters. The van der Waals surface area contributed by atoms with Crippen molar-refractivity contribution in [2.24, 2.45) is 5.73 Å². The second-order valence-corrected chi connectivity index (χ2v) is 4.36. The molecular formula is C10H16F3N3O2. The van der Waals surface area contributed by atoms with Gasteiger partial charge in [0.05, 0.1) is 0 Å². The van der Waals surface area contributed by atoms with E-state index in [2.05, 4.69) is 0 Å². The number of amides is 3. The third-order valence-electron chi connectivity index (χ3n) is 2.93. The highest BCUT2D eigenvalue weighted by molar-refractivity contribution is 6.07. The third kappa shape index (κ3) is 2.58. The topological polar surface area (TPSA) is 75.4 Å². The molecular weight excluding hydrogens is 251 g/mol. The van der Waals surface area contributed by atoms with E-state index in [4.69, 9.17) is 5.73 Å². The highest BCUT2D eigenvalue weighted by atomic mass is 19.4. The Morgan fingerprint density at radius 3 is 2.33 bits per heavy atom. The Kier molecular flexibility index (Phi) is 4.20. The number of alkyl halides is 3. The summed E-state index contributed by atoms with van der Waals surface area (Å²) in [4.78, 5) is 23.6. The molecule has 1 heterocycles. The van der Waals surface area contributed by atoms with Crippen LogP contribution in [0.2, 0.25) is 0 Å². The van der Waals surface area contributed by atoms with Crippen LogP contribution in [0.15, 0.2) is 0 Å². The summed E-state index contributed by atoms with van der Waals surface area (Å²) in [7, 11) is 0. The van der Waals surface area contributed by atoms with Crippen molar-refractivity contribution >= 4 is 11.9 Å². The Morgan fingerprint density at radius 1 is 1.28 bits per heavy atom. The molecule has 0 bridgehead atoms. The van der Waals surface area contributed by atoms with Crippen molar-refractivity contribution in [1.82, 2.24) is 10.2 Å². The lowest BCUT2D eigenvalue weighted by Gasteiger charge is -2.24. The van der Waals surface area contributed by atoms with E-state index in [1.165, 1.54) is 0 Å². The molecule has 0 aromatic rings. The molecule has 1 unspecified atom stereocenters. The van der Waals surface area contributed by atoms with Gasteiger partial charge in [-0.05, 0) is 26.3 Å². The molecule has 8 heteroatoms. The molecule has 1 fully saturated rings. The second-order valence-electron chi connectivity index (χ2n) is 4.36. The van der Waals surface area contributed by atoms with Crippen LogP contribution in [0.25, 0.3) is 0 Å². The van der Waals surface area contributed by atoms with E-state index in [1.54, 1.807) is 5.32 Å². The second kappa shape index (κ2) is 5.13. The van der Waals surface area contributed by atoms with Crippen LogP contribution in [0.1, 0.15) is 26.2 Å². The van der Waals surface area contributed by atoms with E-state index in [9.17, 15) is 22.8 Å². The molecule has 1 rings (SSSR count). The molecule has 0 saturated carbocycles. The number of hydrogen-bond acceptors (Lipinski definition) is 3. The fourth-order valence-corrected chi connectivity index (χ4v) is 1.68. The van der Waals surface area contributed by atoms with Crippen molar-refractivity contribution in [2.75, 3.05) is 13.1 Å². The van der Waals surface area contributed by atoms with Crippen molar-refractivity contribution in [1.29, 1.82) is 0 Å². The molecule has 18 heavy (non-hydrogen) atoms. The molecule has 1 saturated heterocycles. The Hall–Kier alpha value is -1.31. The number of halogens is 3.